The summed E-state index contributed by atoms with van der Waals surface area (Å²) in [6.07, 6.45) is 0.715. The quantitative estimate of drug-likeness (QED) is 0.913. The van der Waals surface area contributed by atoms with E-state index in [-0.39, 0.29) is 11.7 Å². The number of carbonyl (C=O) groups is 1. The van der Waals surface area contributed by atoms with Gasteiger partial charge in [-0.05, 0) is 37.5 Å². The van der Waals surface area contributed by atoms with Crippen molar-refractivity contribution in [3.63, 3.8) is 0 Å². The number of carbonyl (C=O) groups excluding carboxylic acids is 1. The molecule has 1 aromatic carbocycles. The average Bonchev–Trinajstić information content (AvgIpc) is 2.16. The van der Waals surface area contributed by atoms with Gasteiger partial charge in [-0.15, -0.1) is 0 Å². The standard InChI is InChI=1S/C12H16BrNO/c1-8-3-4-10(12(13)5-8)6-11(7-14)9(2)15/h3-5,11H,6-7,14H2,1-2H3. The van der Waals surface area contributed by atoms with Crippen LogP contribution in [0, 0.1) is 12.8 Å². The van der Waals surface area contributed by atoms with Crippen molar-refractivity contribution in [2.75, 3.05) is 6.54 Å². The number of halogens is 1. The van der Waals surface area contributed by atoms with Crippen molar-refractivity contribution < 1.29 is 4.79 Å². The van der Waals surface area contributed by atoms with Gasteiger partial charge in [0.25, 0.3) is 0 Å². The summed E-state index contributed by atoms with van der Waals surface area (Å²) in [4.78, 5) is 11.3. The Labute approximate surface area is 99.0 Å². The normalized spacial score (nSPS) is 12.5. The molecule has 1 rings (SSSR count). The zero-order chi connectivity index (χ0) is 11.4. The molecule has 2 nitrogen and oxygen atoms in total. The molecule has 0 aromatic heterocycles. The lowest BCUT2D eigenvalue weighted by molar-refractivity contribution is -0.120. The van der Waals surface area contributed by atoms with Crippen molar-refractivity contribution >= 4 is 21.7 Å². The topological polar surface area (TPSA) is 43.1 Å². The predicted octanol–water partition coefficient (Wildman–Crippen LogP) is 2.46. The molecule has 0 heterocycles. The minimum absolute atomic E-state index is 0.0657. The lowest BCUT2D eigenvalue weighted by Gasteiger charge is -2.12. The van der Waals surface area contributed by atoms with Crippen molar-refractivity contribution in [2.24, 2.45) is 11.7 Å². The molecule has 1 atom stereocenters. The molecule has 0 saturated carbocycles. The smallest absolute Gasteiger partial charge is 0.134 e. The van der Waals surface area contributed by atoms with Gasteiger partial charge in [-0.1, -0.05) is 28.1 Å². The zero-order valence-corrected chi connectivity index (χ0v) is 10.7. The molecule has 0 bridgehead atoms. The summed E-state index contributed by atoms with van der Waals surface area (Å²) in [6.45, 7) is 4.05. The van der Waals surface area contributed by atoms with Crippen LogP contribution in [0.15, 0.2) is 22.7 Å². The van der Waals surface area contributed by atoms with E-state index in [0.29, 0.717) is 13.0 Å². The van der Waals surface area contributed by atoms with Crippen molar-refractivity contribution in [2.45, 2.75) is 20.3 Å². The zero-order valence-electron chi connectivity index (χ0n) is 9.09. The van der Waals surface area contributed by atoms with Crippen LogP contribution in [-0.2, 0) is 11.2 Å². The monoisotopic (exact) mass is 269 g/mol. The molecule has 1 aromatic rings. The molecule has 0 amide bonds. The van der Waals surface area contributed by atoms with Gasteiger partial charge in [-0.2, -0.15) is 0 Å². The van der Waals surface area contributed by atoms with Crippen molar-refractivity contribution in [1.82, 2.24) is 0 Å². The van der Waals surface area contributed by atoms with E-state index in [1.54, 1.807) is 6.92 Å². The van der Waals surface area contributed by atoms with Crippen LogP contribution < -0.4 is 5.73 Å². The first kappa shape index (κ1) is 12.4. The fourth-order valence-corrected chi connectivity index (χ4v) is 2.13. The highest BCUT2D eigenvalue weighted by atomic mass is 79.9. The summed E-state index contributed by atoms with van der Waals surface area (Å²) in [6, 6.07) is 6.15. The van der Waals surface area contributed by atoms with E-state index in [0.717, 1.165) is 10.0 Å². The molecule has 0 fully saturated rings. The lowest BCUT2D eigenvalue weighted by atomic mass is 9.95. The van der Waals surface area contributed by atoms with Crippen LogP contribution in [0.1, 0.15) is 18.1 Å². The van der Waals surface area contributed by atoms with Crippen LogP contribution in [0.25, 0.3) is 0 Å². The summed E-state index contributed by atoms with van der Waals surface area (Å²) >= 11 is 3.50. The number of nitrogens with two attached hydrogens (primary N) is 1. The Balaban J connectivity index is 2.84. The number of aryl methyl sites for hydroxylation is 1. The number of Topliss-reactive ketones (excluding diaryl/α,β-unsaturated/α-hetero) is 1. The average molecular weight is 270 g/mol. The van der Waals surface area contributed by atoms with Gasteiger partial charge < -0.3 is 5.73 Å². The van der Waals surface area contributed by atoms with Crippen LogP contribution in [0.3, 0.4) is 0 Å². The number of hydrogen-bond acceptors (Lipinski definition) is 2. The number of rotatable bonds is 4. The molecule has 1 unspecified atom stereocenters. The van der Waals surface area contributed by atoms with Crippen molar-refractivity contribution in [3.05, 3.63) is 33.8 Å². The predicted molar refractivity (Wildman–Crippen MR) is 65.8 cm³/mol. The van der Waals surface area contributed by atoms with Gasteiger partial charge in [0, 0.05) is 16.9 Å². The summed E-state index contributed by atoms with van der Waals surface area (Å²) in [5.41, 5.74) is 7.92. The van der Waals surface area contributed by atoms with Gasteiger partial charge in [-0.25, -0.2) is 0 Å². The SMILES string of the molecule is CC(=O)C(CN)Cc1ccc(C)cc1Br. The Bertz CT molecular complexity index is 363. The Morgan fingerprint density at radius 1 is 1.53 bits per heavy atom. The van der Waals surface area contributed by atoms with Crippen LogP contribution >= 0.6 is 15.9 Å². The van der Waals surface area contributed by atoms with Crippen molar-refractivity contribution in [3.8, 4) is 0 Å². The highest BCUT2D eigenvalue weighted by Crippen LogP contribution is 2.21. The largest absolute Gasteiger partial charge is 0.330 e. The summed E-state index contributed by atoms with van der Waals surface area (Å²) in [7, 11) is 0. The Morgan fingerprint density at radius 2 is 2.20 bits per heavy atom. The molecule has 0 aliphatic rings. The highest BCUT2D eigenvalue weighted by molar-refractivity contribution is 9.10. The fourth-order valence-electron chi connectivity index (χ4n) is 1.48. The van der Waals surface area contributed by atoms with E-state index in [2.05, 4.69) is 22.0 Å². The molecule has 3 heteroatoms. The molecule has 82 valence electrons. The third kappa shape index (κ3) is 3.43. The Morgan fingerprint density at radius 3 is 2.67 bits per heavy atom. The molecule has 0 aliphatic heterocycles. The number of benzene rings is 1. The van der Waals surface area contributed by atoms with Gasteiger partial charge >= 0.3 is 0 Å². The molecule has 2 N–H and O–H groups in total. The van der Waals surface area contributed by atoms with Crippen LogP contribution in [0.4, 0.5) is 0 Å². The van der Waals surface area contributed by atoms with Gasteiger partial charge in [0.1, 0.15) is 5.78 Å². The number of ketones is 1. The van der Waals surface area contributed by atoms with E-state index >= 15 is 0 Å². The summed E-state index contributed by atoms with van der Waals surface area (Å²) in [5, 5.41) is 0. The third-order valence-electron chi connectivity index (χ3n) is 2.53. The molecule has 0 aliphatic carbocycles. The Kier molecular flexibility index (Phi) is 4.48. The van der Waals surface area contributed by atoms with Crippen LogP contribution in [0.5, 0.6) is 0 Å². The van der Waals surface area contributed by atoms with E-state index in [9.17, 15) is 4.79 Å². The van der Waals surface area contributed by atoms with Crippen LogP contribution in [-0.4, -0.2) is 12.3 Å². The maximum atomic E-state index is 11.3. The molecular weight excluding hydrogens is 254 g/mol. The van der Waals surface area contributed by atoms with Gasteiger partial charge in [-0.3, -0.25) is 4.79 Å². The van der Waals surface area contributed by atoms with E-state index in [1.165, 1.54) is 5.56 Å². The van der Waals surface area contributed by atoms with Gasteiger partial charge in [0.15, 0.2) is 0 Å². The first-order valence-corrected chi connectivity index (χ1v) is 5.79. The van der Waals surface area contributed by atoms with Crippen LogP contribution in [0.2, 0.25) is 0 Å². The summed E-state index contributed by atoms with van der Waals surface area (Å²) < 4.78 is 1.06. The van der Waals surface area contributed by atoms with E-state index < -0.39 is 0 Å². The number of hydrogen-bond donors (Lipinski definition) is 1. The first-order chi connectivity index (χ1) is 7.04. The second kappa shape index (κ2) is 5.42. The maximum absolute atomic E-state index is 11.3. The molecule has 15 heavy (non-hydrogen) atoms. The molecule has 0 spiro atoms. The maximum Gasteiger partial charge on any atom is 0.134 e. The minimum Gasteiger partial charge on any atom is -0.330 e. The molecule has 0 radical (unpaired) electrons. The highest BCUT2D eigenvalue weighted by Gasteiger charge is 2.14. The van der Waals surface area contributed by atoms with Gasteiger partial charge in [0.2, 0.25) is 0 Å². The minimum atomic E-state index is -0.0657. The second-order valence-corrected chi connectivity index (χ2v) is 4.70. The Hall–Kier alpha value is -0.670. The second-order valence-electron chi connectivity index (χ2n) is 3.84. The molecule has 0 saturated heterocycles. The third-order valence-corrected chi connectivity index (χ3v) is 3.27. The van der Waals surface area contributed by atoms with Crippen molar-refractivity contribution in [1.29, 1.82) is 0 Å². The van der Waals surface area contributed by atoms with Gasteiger partial charge in [0.05, 0.1) is 0 Å². The fraction of sp³-hybridized carbons (Fsp3) is 0.417. The summed E-state index contributed by atoms with van der Waals surface area (Å²) in [5.74, 6) is 0.0916. The van der Waals surface area contributed by atoms with E-state index in [1.807, 2.05) is 19.1 Å². The van der Waals surface area contributed by atoms with E-state index in [4.69, 9.17) is 5.73 Å². The lowest BCUT2D eigenvalue weighted by Crippen LogP contribution is -2.23. The first-order valence-electron chi connectivity index (χ1n) is 5.00. The molecular formula is C12H16BrNO.